The van der Waals surface area contributed by atoms with Gasteiger partial charge < -0.3 is 19.7 Å². The maximum atomic E-state index is 13.1. The number of amides is 2. The van der Waals surface area contributed by atoms with Gasteiger partial charge >= 0.3 is 0 Å². The minimum absolute atomic E-state index is 0.0767. The summed E-state index contributed by atoms with van der Waals surface area (Å²) >= 11 is 12.6. The third kappa shape index (κ3) is 6.28. The van der Waals surface area contributed by atoms with Crippen molar-refractivity contribution in [3.8, 4) is 11.5 Å². The van der Waals surface area contributed by atoms with E-state index in [1.165, 1.54) is 12.0 Å². The highest BCUT2D eigenvalue weighted by Crippen LogP contribution is 2.28. The summed E-state index contributed by atoms with van der Waals surface area (Å²) < 4.78 is 10.9. The fraction of sp³-hybridized carbons (Fsp3) is 0.364. The molecule has 2 aromatic carbocycles. The number of halogens is 2. The number of carbonyl (C=O) groups is 2. The Labute approximate surface area is 187 Å². The van der Waals surface area contributed by atoms with Crippen molar-refractivity contribution in [2.75, 3.05) is 20.3 Å². The Hall–Kier alpha value is -2.44. The molecule has 1 N–H and O–H groups in total. The molecule has 0 bridgehead atoms. The quantitative estimate of drug-likeness (QED) is 0.582. The number of benzene rings is 2. The molecule has 0 aliphatic carbocycles. The van der Waals surface area contributed by atoms with Crippen molar-refractivity contribution >= 4 is 35.0 Å². The van der Waals surface area contributed by atoms with E-state index in [-0.39, 0.29) is 25.0 Å². The Morgan fingerprint density at radius 3 is 2.30 bits per heavy atom. The minimum Gasteiger partial charge on any atom is -0.493 e. The van der Waals surface area contributed by atoms with Gasteiger partial charge in [-0.25, -0.2) is 0 Å². The van der Waals surface area contributed by atoms with E-state index < -0.39 is 6.04 Å². The third-order valence-electron chi connectivity index (χ3n) is 4.53. The lowest BCUT2D eigenvalue weighted by atomic mass is 10.1. The van der Waals surface area contributed by atoms with E-state index >= 15 is 0 Å². The molecule has 0 heterocycles. The van der Waals surface area contributed by atoms with Crippen LogP contribution in [-0.4, -0.2) is 43.0 Å². The Kier molecular flexibility index (Phi) is 9.27. The van der Waals surface area contributed by atoms with Gasteiger partial charge in [0.1, 0.15) is 6.04 Å². The zero-order chi connectivity index (χ0) is 22.1. The van der Waals surface area contributed by atoms with E-state index in [9.17, 15) is 9.59 Å². The van der Waals surface area contributed by atoms with Crippen molar-refractivity contribution < 1.29 is 19.1 Å². The van der Waals surface area contributed by atoms with E-state index in [0.29, 0.717) is 33.7 Å². The summed E-state index contributed by atoms with van der Waals surface area (Å²) in [6, 6.07) is 11.4. The van der Waals surface area contributed by atoms with Crippen molar-refractivity contribution in [1.29, 1.82) is 0 Å². The summed E-state index contributed by atoms with van der Waals surface area (Å²) in [5.41, 5.74) is 0.571. The van der Waals surface area contributed by atoms with Crippen LogP contribution in [0.15, 0.2) is 42.5 Å². The van der Waals surface area contributed by atoms with Crippen molar-refractivity contribution in [2.45, 2.75) is 32.9 Å². The SMILES string of the molecule is CCCNC(=O)[C@@H](C)N(Cc1c(Cl)cccc1Cl)C(=O)COc1ccccc1OC. The molecule has 0 unspecified atom stereocenters. The summed E-state index contributed by atoms with van der Waals surface area (Å²) in [6.07, 6.45) is 0.791. The van der Waals surface area contributed by atoms with Crippen LogP contribution in [0.25, 0.3) is 0 Å². The molecule has 0 radical (unpaired) electrons. The van der Waals surface area contributed by atoms with Crippen LogP contribution in [0.3, 0.4) is 0 Å². The first-order valence-electron chi connectivity index (χ1n) is 9.64. The van der Waals surface area contributed by atoms with Crippen LogP contribution >= 0.6 is 23.2 Å². The number of rotatable bonds is 10. The number of ether oxygens (including phenoxy) is 2. The van der Waals surface area contributed by atoms with Gasteiger partial charge in [0.15, 0.2) is 18.1 Å². The molecule has 2 rings (SSSR count). The Morgan fingerprint density at radius 1 is 1.07 bits per heavy atom. The van der Waals surface area contributed by atoms with E-state index in [1.54, 1.807) is 49.4 Å². The maximum Gasteiger partial charge on any atom is 0.261 e. The second-order valence-corrected chi connectivity index (χ2v) is 7.44. The first kappa shape index (κ1) is 23.8. The monoisotopic (exact) mass is 452 g/mol. The average Bonchev–Trinajstić information content (AvgIpc) is 2.75. The molecule has 1 atom stereocenters. The zero-order valence-corrected chi connectivity index (χ0v) is 18.8. The summed E-state index contributed by atoms with van der Waals surface area (Å²) in [5.74, 6) is 0.314. The van der Waals surface area contributed by atoms with Gasteiger partial charge in [-0.05, 0) is 37.6 Å². The van der Waals surface area contributed by atoms with Gasteiger partial charge in [0.25, 0.3) is 5.91 Å². The summed E-state index contributed by atoms with van der Waals surface area (Å²) in [6.45, 7) is 3.95. The largest absolute Gasteiger partial charge is 0.493 e. The highest BCUT2D eigenvalue weighted by Gasteiger charge is 2.27. The summed E-state index contributed by atoms with van der Waals surface area (Å²) in [5, 5.41) is 3.66. The van der Waals surface area contributed by atoms with Crippen LogP contribution in [-0.2, 0) is 16.1 Å². The van der Waals surface area contributed by atoms with Crippen LogP contribution in [0, 0.1) is 0 Å². The molecular weight excluding hydrogens is 427 g/mol. The Morgan fingerprint density at radius 2 is 1.70 bits per heavy atom. The number of hydrogen-bond donors (Lipinski definition) is 1. The summed E-state index contributed by atoms with van der Waals surface area (Å²) in [4.78, 5) is 27.0. The lowest BCUT2D eigenvalue weighted by Crippen LogP contribution is -2.49. The smallest absolute Gasteiger partial charge is 0.261 e. The average molecular weight is 453 g/mol. The fourth-order valence-electron chi connectivity index (χ4n) is 2.79. The molecule has 0 aromatic heterocycles. The second kappa shape index (κ2) is 11.7. The number of methoxy groups -OCH3 is 1. The van der Waals surface area contributed by atoms with Crippen molar-refractivity contribution in [3.63, 3.8) is 0 Å². The molecule has 30 heavy (non-hydrogen) atoms. The van der Waals surface area contributed by atoms with Crippen molar-refractivity contribution in [2.24, 2.45) is 0 Å². The second-order valence-electron chi connectivity index (χ2n) is 6.63. The molecule has 0 fully saturated rings. The molecule has 0 saturated carbocycles. The predicted octanol–water partition coefficient (Wildman–Crippen LogP) is 4.32. The van der Waals surface area contributed by atoms with Crippen molar-refractivity contribution in [3.05, 3.63) is 58.1 Å². The number of carbonyl (C=O) groups excluding carboxylic acids is 2. The summed E-state index contributed by atoms with van der Waals surface area (Å²) in [7, 11) is 1.52. The normalized spacial score (nSPS) is 11.5. The number of hydrogen-bond acceptors (Lipinski definition) is 4. The van der Waals surface area contributed by atoms with E-state index in [2.05, 4.69) is 5.32 Å². The van der Waals surface area contributed by atoms with Gasteiger partial charge in [0, 0.05) is 28.7 Å². The predicted molar refractivity (Wildman–Crippen MR) is 118 cm³/mol. The molecule has 0 aliphatic rings. The van der Waals surface area contributed by atoms with Crippen LogP contribution in [0.2, 0.25) is 10.0 Å². The van der Waals surface area contributed by atoms with Crippen LogP contribution in [0.1, 0.15) is 25.8 Å². The number of nitrogens with one attached hydrogen (secondary N) is 1. The zero-order valence-electron chi connectivity index (χ0n) is 17.3. The standard InChI is InChI=1S/C22H26Cl2N2O4/c1-4-12-25-22(28)15(2)26(13-16-17(23)8-7-9-18(16)24)21(27)14-30-20-11-6-5-10-19(20)29-3/h5-11,15H,4,12-14H2,1-3H3,(H,25,28)/t15-/m1/s1. The van der Waals surface area contributed by atoms with Gasteiger partial charge in [-0.2, -0.15) is 0 Å². The van der Waals surface area contributed by atoms with E-state index in [4.69, 9.17) is 32.7 Å². The lowest BCUT2D eigenvalue weighted by molar-refractivity contribution is -0.142. The third-order valence-corrected chi connectivity index (χ3v) is 5.24. The highest BCUT2D eigenvalue weighted by molar-refractivity contribution is 6.36. The lowest BCUT2D eigenvalue weighted by Gasteiger charge is -2.29. The minimum atomic E-state index is -0.738. The van der Waals surface area contributed by atoms with E-state index in [0.717, 1.165) is 6.42 Å². The van der Waals surface area contributed by atoms with E-state index in [1.807, 2.05) is 6.92 Å². The van der Waals surface area contributed by atoms with Crippen LogP contribution in [0.5, 0.6) is 11.5 Å². The number of para-hydroxylation sites is 2. The van der Waals surface area contributed by atoms with Crippen LogP contribution < -0.4 is 14.8 Å². The molecule has 0 spiro atoms. The fourth-order valence-corrected chi connectivity index (χ4v) is 3.31. The van der Waals surface area contributed by atoms with Gasteiger partial charge in [-0.1, -0.05) is 48.3 Å². The molecule has 162 valence electrons. The molecule has 2 amide bonds. The molecular formula is C22H26Cl2N2O4. The van der Waals surface area contributed by atoms with Gasteiger partial charge in [-0.3, -0.25) is 9.59 Å². The molecule has 2 aromatic rings. The molecule has 0 saturated heterocycles. The van der Waals surface area contributed by atoms with Crippen molar-refractivity contribution in [1.82, 2.24) is 10.2 Å². The van der Waals surface area contributed by atoms with Gasteiger partial charge in [0.2, 0.25) is 5.91 Å². The number of nitrogens with zero attached hydrogens (tertiary/aromatic N) is 1. The molecule has 8 heteroatoms. The maximum absolute atomic E-state index is 13.1. The van der Waals surface area contributed by atoms with Gasteiger partial charge in [0.05, 0.1) is 7.11 Å². The molecule has 6 nitrogen and oxygen atoms in total. The van der Waals surface area contributed by atoms with Crippen LogP contribution in [0.4, 0.5) is 0 Å². The first-order chi connectivity index (χ1) is 14.4. The Bertz CT molecular complexity index is 856. The topological polar surface area (TPSA) is 67.9 Å². The highest BCUT2D eigenvalue weighted by atomic mass is 35.5. The van der Waals surface area contributed by atoms with Gasteiger partial charge in [-0.15, -0.1) is 0 Å². The first-order valence-corrected chi connectivity index (χ1v) is 10.4. The molecule has 0 aliphatic heterocycles. The Balaban J connectivity index is 2.23.